The lowest BCUT2D eigenvalue weighted by atomic mass is 10.2. The topological polar surface area (TPSA) is 22.1 Å². The van der Waals surface area contributed by atoms with Crippen LogP contribution < -0.4 is 4.74 Å². The Morgan fingerprint density at radius 2 is 2.00 bits per heavy atom. The number of rotatable bonds is 3. The molecule has 0 saturated carbocycles. The molecule has 0 aliphatic carbocycles. The Kier molecular flexibility index (Phi) is 4.33. The highest BCUT2D eigenvalue weighted by Crippen LogP contribution is 2.34. The number of halogens is 3. The molecule has 2 nitrogen and oxygen atoms in total. The lowest BCUT2D eigenvalue weighted by molar-refractivity contribution is 0.461. The fourth-order valence-corrected chi connectivity index (χ4v) is 2.00. The second-order valence-electron chi connectivity index (χ2n) is 3.74. The van der Waals surface area contributed by atoms with Gasteiger partial charge in [-0.25, -0.2) is 4.98 Å². The third-order valence-corrected chi connectivity index (χ3v) is 3.38. The van der Waals surface area contributed by atoms with E-state index in [1.165, 1.54) is 0 Å². The Balaban J connectivity index is 2.34. The van der Waals surface area contributed by atoms with E-state index in [0.29, 0.717) is 27.6 Å². The monoisotopic (exact) mass is 301 g/mol. The molecule has 5 heteroatoms. The molecule has 0 aliphatic rings. The summed E-state index contributed by atoms with van der Waals surface area (Å²) in [6.07, 6.45) is 0. The van der Waals surface area contributed by atoms with Gasteiger partial charge in [0.25, 0.3) is 0 Å². The maximum Gasteiger partial charge on any atom is 0.219 e. The van der Waals surface area contributed by atoms with E-state index in [1.807, 2.05) is 13.0 Å². The van der Waals surface area contributed by atoms with Crippen molar-refractivity contribution in [3.8, 4) is 11.6 Å². The molecule has 18 heavy (non-hydrogen) atoms. The summed E-state index contributed by atoms with van der Waals surface area (Å²) in [4.78, 5) is 4.27. The van der Waals surface area contributed by atoms with Gasteiger partial charge >= 0.3 is 0 Å². The van der Waals surface area contributed by atoms with Gasteiger partial charge in [0.2, 0.25) is 5.88 Å². The van der Waals surface area contributed by atoms with Crippen molar-refractivity contribution in [2.24, 2.45) is 0 Å². The van der Waals surface area contributed by atoms with Gasteiger partial charge in [-0.3, -0.25) is 0 Å². The van der Waals surface area contributed by atoms with Crippen molar-refractivity contribution in [3.63, 3.8) is 0 Å². The minimum absolute atomic E-state index is 0.370. The van der Waals surface area contributed by atoms with Crippen LogP contribution >= 0.6 is 34.8 Å². The van der Waals surface area contributed by atoms with Crippen LogP contribution in [0, 0.1) is 6.92 Å². The zero-order valence-corrected chi connectivity index (χ0v) is 11.9. The van der Waals surface area contributed by atoms with E-state index >= 15 is 0 Å². The first-order valence-electron chi connectivity index (χ1n) is 5.25. The van der Waals surface area contributed by atoms with E-state index in [1.54, 1.807) is 24.3 Å². The van der Waals surface area contributed by atoms with Crippen LogP contribution in [0.2, 0.25) is 10.0 Å². The highest BCUT2D eigenvalue weighted by atomic mass is 35.5. The first-order chi connectivity index (χ1) is 8.60. The Bertz CT molecular complexity index is 572. The quantitative estimate of drug-likeness (QED) is 0.724. The van der Waals surface area contributed by atoms with Crippen LogP contribution in [0.3, 0.4) is 0 Å². The molecule has 0 amide bonds. The molecule has 0 aliphatic heterocycles. The third-order valence-electron chi connectivity index (χ3n) is 2.27. The van der Waals surface area contributed by atoms with Gasteiger partial charge in [-0.2, -0.15) is 0 Å². The number of alkyl halides is 1. The minimum Gasteiger partial charge on any atom is -0.437 e. The molecular weight excluding hydrogens is 293 g/mol. The predicted octanol–water partition coefficient (Wildman–Crippen LogP) is 5.23. The van der Waals surface area contributed by atoms with Gasteiger partial charge in [-0.1, -0.05) is 29.3 Å². The Hall–Kier alpha value is -0.960. The van der Waals surface area contributed by atoms with Gasteiger partial charge in [0.05, 0.1) is 5.02 Å². The largest absolute Gasteiger partial charge is 0.437 e. The molecule has 94 valence electrons. The molecule has 0 saturated heterocycles. The molecule has 1 aromatic heterocycles. The normalized spacial score (nSPS) is 10.4. The second-order valence-corrected chi connectivity index (χ2v) is 4.80. The summed E-state index contributed by atoms with van der Waals surface area (Å²) in [6, 6.07) is 8.88. The van der Waals surface area contributed by atoms with Gasteiger partial charge in [-0.15, -0.1) is 11.6 Å². The molecule has 0 fully saturated rings. The second kappa shape index (κ2) is 5.79. The van der Waals surface area contributed by atoms with E-state index in [2.05, 4.69) is 4.98 Å². The van der Waals surface area contributed by atoms with Crippen molar-refractivity contribution in [1.82, 2.24) is 4.98 Å². The van der Waals surface area contributed by atoms with Gasteiger partial charge in [-0.05, 0) is 30.7 Å². The summed E-state index contributed by atoms with van der Waals surface area (Å²) >= 11 is 17.8. The molecule has 2 rings (SSSR count). The molecule has 1 aromatic carbocycles. The van der Waals surface area contributed by atoms with Crippen molar-refractivity contribution in [1.29, 1.82) is 0 Å². The number of aryl methyl sites for hydroxylation is 1. The van der Waals surface area contributed by atoms with Crippen LogP contribution in [0.5, 0.6) is 11.6 Å². The number of pyridine rings is 1. The highest BCUT2D eigenvalue weighted by Gasteiger charge is 2.08. The van der Waals surface area contributed by atoms with E-state index in [-0.39, 0.29) is 0 Å². The van der Waals surface area contributed by atoms with Crippen molar-refractivity contribution in [2.75, 3.05) is 0 Å². The summed E-state index contributed by atoms with van der Waals surface area (Å²) in [6.45, 7) is 1.88. The first-order valence-corrected chi connectivity index (χ1v) is 6.54. The summed E-state index contributed by atoms with van der Waals surface area (Å²) in [5, 5.41) is 0.814. The molecular formula is C13H10Cl3NO. The third kappa shape index (κ3) is 3.08. The number of nitrogens with zero attached hydrogens (tertiary/aromatic N) is 1. The van der Waals surface area contributed by atoms with Crippen LogP contribution in [-0.4, -0.2) is 4.98 Å². The number of hydrogen-bond donors (Lipinski definition) is 0. The van der Waals surface area contributed by atoms with Crippen molar-refractivity contribution in [3.05, 3.63) is 51.6 Å². The zero-order valence-electron chi connectivity index (χ0n) is 9.58. The predicted molar refractivity (Wildman–Crippen MR) is 75.1 cm³/mol. The number of hydrogen-bond acceptors (Lipinski definition) is 2. The van der Waals surface area contributed by atoms with Crippen LogP contribution in [0.4, 0.5) is 0 Å². The smallest absolute Gasteiger partial charge is 0.219 e. The van der Waals surface area contributed by atoms with Gasteiger partial charge in [0.1, 0.15) is 10.8 Å². The SMILES string of the molecule is Cc1cc(CCl)cc(Oc2cccc(Cl)c2Cl)n1. The average Bonchev–Trinajstić information content (AvgIpc) is 2.34. The van der Waals surface area contributed by atoms with E-state index < -0.39 is 0 Å². The number of benzene rings is 1. The van der Waals surface area contributed by atoms with Gasteiger partial charge < -0.3 is 4.74 Å². The van der Waals surface area contributed by atoms with E-state index in [9.17, 15) is 0 Å². The molecule has 0 N–H and O–H groups in total. The summed E-state index contributed by atoms with van der Waals surface area (Å²) < 4.78 is 5.63. The zero-order chi connectivity index (χ0) is 13.1. The van der Waals surface area contributed by atoms with E-state index in [0.717, 1.165) is 11.3 Å². The van der Waals surface area contributed by atoms with Gasteiger partial charge in [0, 0.05) is 17.6 Å². The summed E-state index contributed by atoms with van der Waals surface area (Å²) in [5.74, 6) is 1.33. The molecule has 2 aromatic rings. The fourth-order valence-electron chi connectivity index (χ4n) is 1.51. The lowest BCUT2D eigenvalue weighted by Crippen LogP contribution is -1.93. The van der Waals surface area contributed by atoms with Crippen molar-refractivity contribution in [2.45, 2.75) is 12.8 Å². The summed E-state index contributed by atoms with van der Waals surface area (Å²) in [7, 11) is 0. The van der Waals surface area contributed by atoms with Crippen LogP contribution in [0.15, 0.2) is 30.3 Å². The Morgan fingerprint density at radius 3 is 2.72 bits per heavy atom. The Morgan fingerprint density at radius 1 is 1.22 bits per heavy atom. The van der Waals surface area contributed by atoms with Gasteiger partial charge in [0.15, 0.2) is 0 Å². The van der Waals surface area contributed by atoms with Crippen molar-refractivity contribution >= 4 is 34.8 Å². The number of ether oxygens (including phenoxy) is 1. The van der Waals surface area contributed by atoms with Crippen molar-refractivity contribution < 1.29 is 4.74 Å². The molecule has 0 radical (unpaired) electrons. The molecule has 0 spiro atoms. The molecule has 0 atom stereocenters. The lowest BCUT2D eigenvalue weighted by Gasteiger charge is -2.09. The average molecular weight is 303 g/mol. The van der Waals surface area contributed by atoms with Crippen LogP contribution in [0.1, 0.15) is 11.3 Å². The molecule has 0 unspecified atom stereocenters. The maximum atomic E-state index is 6.05. The van der Waals surface area contributed by atoms with E-state index in [4.69, 9.17) is 39.5 Å². The van der Waals surface area contributed by atoms with Crippen LogP contribution in [-0.2, 0) is 5.88 Å². The minimum atomic E-state index is 0.370. The Labute approximate surface area is 120 Å². The number of aromatic nitrogens is 1. The van der Waals surface area contributed by atoms with Crippen LogP contribution in [0.25, 0.3) is 0 Å². The highest BCUT2D eigenvalue weighted by molar-refractivity contribution is 6.42. The standard InChI is InChI=1S/C13H10Cl3NO/c1-8-5-9(7-14)6-12(17-8)18-11-4-2-3-10(15)13(11)16/h2-6H,7H2,1H3. The first kappa shape index (κ1) is 13.5. The fraction of sp³-hybridized carbons (Fsp3) is 0.154. The molecule has 0 bridgehead atoms. The maximum absolute atomic E-state index is 6.05. The summed E-state index contributed by atoms with van der Waals surface area (Å²) in [5.41, 5.74) is 1.78. The molecule has 1 heterocycles.